The van der Waals surface area contributed by atoms with E-state index < -0.39 is 11.6 Å². The third-order valence-electron chi connectivity index (χ3n) is 3.82. The van der Waals surface area contributed by atoms with E-state index in [4.69, 9.17) is 27.9 Å². The number of Topliss-reactive ketones (excluding diaryl/α,β-unsaturated/α-hetero) is 2. The average Bonchev–Trinajstić information content (AvgIpc) is 2.56. The van der Waals surface area contributed by atoms with E-state index in [-0.39, 0.29) is 27.0 Å². The lowest BCUT2D eigenvalue weighted by Gasteiger charge is -2.27. The summed E-state index contributed by atoms with van der Waals surface area (Å²) in [7, 11) is 0. The molecule has 3 rings (SSSR count). The number of carbonyl (C=O) groups excluding carboxylic acids is 2. The van der Waals surface area contributed by atoms with Crippen LogP contribution in [0, 0.1) is 0 Å². The molecule has 0 bridgehead atoms. The molecule has 1 aromatic rings. The van der Waals surface area contributed by atoms with Crippen molar-refractivity contribution in [2.45, 2.75) is 0 Å². The van der Waals surface area contributed by atoms with Gasteiger partial charge in [-0.2, -0.15) is 0 Å². The summed E-state index contributed by atoms with van der Waals surface area (Å²) in [6.45, 7) is 4.33. The van der Waals surface area contributed by atoms with Crippen molar-refractivity contribution in [1.82, 2.24) is 15.2 Å². The molecule has 0 aromatic carbocycles. The lowest BCUT2D eigenvalue weighted by Crippen LogP contribution is -2.41. The largest absolute Gasteiger partial charge is 0.379 e. The number of allylic oxidation sites excluding steroid dienone is 2. The lowest BCUT2D eigenvalue weighted by atomic mass is 9.97. The van der Waals surface area contributed by atoms with Crippen LogP contribution in [0.3, 0.4) is 0 Å². The molecule has 8 heteroatoms. The van der Waals surface area contributed by atoms with Gasteiger partial charge in [-0.3, -0.25) is 19.5 Å². The molecule has 23 heavy (non-hydrogen) atoms. The number of rotatable bonds is 4. The Morgan fingerprint density at radius 2 is 1.96 bits per heavy atom. The Kier molecular flexibility index (Phi) is 4.96. The highest BCUT2D eigenvalue weighted by atomic mass is 35.5. The van der Waals surface area contributed by atoms with E-state index >= 15 is 0 Å². The van der Waals surface area contributed by atoms with Gasteiger partial charge in [-0.15, -0.1) is 0 Å². The number of ether oxygens (including phenoxy) is 1. The van der Waals surface area contributed by atoms with E-state index in [9.17, 15) is 9.59 Å². The second-order valence-electron chi connectivity index (χ2n) is 5.24. The fourth-order valence-corrected chi connectivity index (χ4v) is 3.06. The van der Waals surface area contributed by atoms with Crippen LogP contribution in [0.1, 0.15) is 20.8 Å². The number of morpholine rings is 1. The number of ketones is 2. The van der Waals surface area contributed by atoms with Crippen LogP contribution in [0.5, 0.6) is 0 Å². The zero-order chi connectivity index (χ0) is 16.4. The molecule has 1 N–H and O–H groups in total. The van der Waals surface area contributed by atoms with Gasteiger partial charge >= 0.3 is 0 Å². The smallest absolute Gasteiger partial charge is 0.225 e. The molecule has 6 nitrogen and oxygen atoms in total. The predicted octanol–water partition coefficient (Wildman–Crippen LogP) is 1.49. The maximum Gasteiger partial charge on any atom is 0.225 e. The highest BCUT2D eigenvalue weighted by Crippen LogP contribution is 2.30. The summed E-state index contributed by atoms with van der Waals surface area (Å²) in [6, 6.07) is 1.48. The molecule has 1 aliphatic carbocycles. The topological polar surface area (TPSA) is 71.5 Å². The Balaban J connectivity index is 1.74. The Morgan fingerprint density at radius 1 is 1.22 bits per heavy atom. The van der Waals surface area contributed by atoms with Crippen LogP contribution < -0.4 is 5.32 Å². The van der Waals surface area contributed by atoms with Crippen LogP contribution >= 0.6 is 23.2 Å². The summed E-state index contributed by atoms with van der Waals surface area (Å²) in [6.07, 6.45) is 1.38. The van der Waals surface area contributed by atoms with Crippen LogP contribution in [0.2, 0.25) is 5.02 Å². The third kappa shape index (κ3) is 3.26. The molecule has 0 unspecified atom stereocenters. The lowest BCUT2D eigenvalue weighted by molar-refractivity contribution is 0.0386. The van der Waals surface area contributed by atoms with E-state index in [0.29, 0.717) is 19.8 Å². The molecule has 1 fully saturated rings. The minimum absolute atomic E-state index is 0.00577. The third-order valence-corrected chi connectivity index (χ3v) is 4.50. The molecule has 1 aliphatic heterocycles. The molecular formula is C15H15Cl2N3O3. The molecule has 0 spiro atoms. The van der Waals surface area contributed by atoms with Gasteiger partial charge in [-0.25, -0.2) is 0 Å². The number of hydrogen-bond donors (Lipinski definition) is 1. The monoisotopic (exact) mass is 355 g/mol. The van der Waals surface area contributed by atoms with Crippen molar-refractivity contribution in [3.05, 3.63) is 39.3 Å². The van der Waals surface area contributed by atoms with Gasteiger partial charge in [0.25, 0.3) is 0 Å². The van der Waals surface area contributed by atoms with Gasteiger partial charge in [0, 0.05) is 32.4 Å². The van der Waals surface area contributed by atoms with Crippen molar-refractivity contribution in [2.75, 3.05) is 39.4 Å². The molecule has 2 aliphatic rings. The summed E-state index contributed by atoms with van der Waals surface area (Å²) < 4.78 is 5.28. The number of fused-ring (bicyclic) bond motifs is 1. The van der Waals surface area contributed by atoms with E-state index in [1.165, 1.54) is 12.3 Å². The second kappa shape index (κ2) is 6.97. The first-order valence-corrected chi connectivity index (χ1v) is 8.03. The average molecular weight is 356 g/mol. The summed E-state index contributed by atoms with van der Waals surface area (Å²) in [5.41, 5.74) is 0.205. The van der Waals surface area contributed by atoms with Crippen LogP contribution in [-0.4, -0.2) is 60.8 Å². The molecule has 2 heterocycles. The molecule has 0 amide bonds. The van der Waals surface area contributed by atoms with E-state index in [2.05, 4.69) is 15.2 Å². The normalized spacial score (nSPS) is 19.0. The summed E-state index contributed by atoms with van der Waals surface area (Å²) >= 11 is 12.1. The van der Waals surface area contributed by atoms with E-state index in [1.54, 1.807) is 0 Å². The SMILES string of the molecule is O=C1C(Cl)=C(NCCN2CCOCC2)C(=O)c2c(Cl)ccnc21. The van der Waals surface area contributed by atoms with Gasteiger partial charge in [0.05, 0.1) is 23.8 Å². The zero-order valence-electron chi connectivity index (χ0n) is 12.3. The number of nitrogens with one attached hydrogen (secondary N) is 1. The van der Waals surface area contributed by atoms with Crippen molar-refractivity contribution in [1.29, 1.82) is 0 Å². The maximum atomic E-state index is 12.6. The summed E-state index contributed by atoms with van der Waals surface area (Å²) in [5, 5.41) is 3.03. The van der Waals surface area contributed by atoms with Crippen LogP contribution in [0.25, 0.3) is 0 Å². The Labute approximate surface area is 143 Å². The van der Waals surface area contributed by atoms with Gasteiger partial charge in [0.2, 0.25) is 11.6 Å². The highest BCUT2D eigenvalue weighted by molar-refractivity contribution is 6.50. The van der Waals surface area contributed by atoms with Crippen molar-refractivity contribution in [2.24, 2.45) is 0 Å². The first-order chi connectivity index (χ1) is 11.1. The number of nitrogens with zero attached hydrogens (tertiary/aromatic N) is 2. The standard InChI is InChI=1S/C15H15Cl2N3O3/c16-9-1-2-18-12-10(9)14(21)13(11(17)15(12)22)19-3-4-20-5-7-23-8-6-20/h1-2,19H,3-8H2. The maximum absolute atomic E-state index is 12.6. The molecule has 0 radical (unpaired) electrons. The number of carbonyl (C=O) groups is 2. The number of aromatic nitrogens is 1. The molecule has 0 atom stereocenters. The van der Waals surface area contributed by atoms with Gasteiger partial charge < -0.3 is 10.1 Å². The van der Waals surface area contributed by atoms with Gasteiger partial charge in [-0.05, 0) is 6.07 Å². The first-order valence-electron chi connectivity index (χ1n) is 7.27. The molecule has 0 saturated carbocycles. The van der Waals surface area contributed by atoms with E-state index in [1.807, 2.05) is 0 Å². The molecule has 122 valence electrons. The minimum Gasteiger partial charge on any atom is -0.379 e. The van der Waals surface area contributed by atoms with Crippen LogP contribution in [-0.2, 0) is 4.74 Å². The van der Waals surface area contributed by atoms with Crippen molar-refractivity contribution in [3.8, 4) is 0 Å². The van der Waals surface area contributed by atoms with Crippen molar-refractivity contribution >= 4 is 34.8 Å². The Bertz CT molecular complexity index is 685. The number of pyridine rings is 1. The first kappa shape index (κ1) is 16.4. The Morgan fingerprint density at radius 3 is 2.70 bits per heavy atom. The molecule has 1 saturated heterocycles. The number of hydrogen-bond acceptors (Lipinski definition) is 6. The van der Waals surface area contributed by atoms with Crippen LogP contribution in [0.4, 0.5) is 0 Å². The van der Waals surface area contributed by atoms with Crippen LogP contribution in [0.15, 0.2) is 23.0 Å². The van der Waals surface area contributed by atoms with Crippen molar-refractivity contribution < 1.29 is 14.3 Å². The fourth-order valence-electron chi connectivity index (χ4n) is 2.59. The molecule has 1 aromatic heterocycles. The summed E-state index contributed by atoms with van der Waals surface area (Å²) in [4.78, 5) is 31.0. The van der Waals surface area contributed by atoms with Gasteiger partial charge in [-0.1, -0.05) is 23.2 Å². The van der Waals surface area contributed by atoms with Crippen molar-refractivity contribution in [3.63, 3.8) is 0 Å². The fraction of sp³-hybridized carbons (Fsp3) is 0.400. The quantitative estimate of drug-likeness (QED) is 0.881. The highest BCUT2D eigenvalue weighted by Gasteiger charge is 2.34. The zero-order valence-corrected chi connectivity index (χ0v) is 13.8. The van der Waals surface area contributed by atoms with Gasteiger partial charge in [0.1, 0.15) is 16.4 Å². The molecular weight excluding hydrogens is 341 g/mol. The van der Waals surface area contributed by atoms with Gasteiger partial charge in [0.15, 0.2) is 0 Å². The second-order valence-corrected chi connectivity index (χ2v) is 6.03. The Hall–Kier alpha value is -1.47. The number of halogens is 2. The predicted molar refractivity (Wildman–Crippen MR) is 86.0 cm³/mol. The summed E-state index contributed by atoms with van der Waals surface area (Å²) in [5.74, 6) is -0.887. The van der Waals surface area contributed by atoms with E-state index in [0.717, 1.165) is 19.6 Å². The minimum atomic E-state index is -0.488.